The lowest BCUT2D eigenvalue weighted by Gasteiger charge is -2.07. The molecule has 0 fully saturated rings. The Morgan fingerprint density at radius 1 is 0.875 bits per heavy atom. The second-order valence-electron chi connectivity index (χ2n) is 4.89. The number of hydrogen-bond acceptors (Lipinski definition) is 4. The Labute approximate surface area is 136 Å². The first-order valence-electron chi connectivity index (χ1n) is 7.02. The maximum atomic E-state index is 13.1. The molecule has 0 aliphatic carbocycles. The number of nitrogens with one attached hydrogen (secondary N) is 2. The van der Waals surface area contributed by atoms with Crippen molar-refractivity contribution in [1.29, 1.82) is 0 Å². The number of carbonyl (C=O) groups excluding carboxylic acids is 1. The third-order valence-electron chi connectivity index (χ3n) is 3.06. The summed E-state index contributed by atoms with van der Waals surface area (Å²) in [4.78, 5) is 20.1. The lowest BCUT2D eigenvalue weighted by molar-refractivity contribution is 0.102. The molecule has 1 amide bonds. The van der Waals surface area contributed by atoms with Crippen LogP contribution >= 0.6 is 0 Å². The third kappa shape index (κ3) is 3.89. The van der Waals surface area contributed by atoms with Crippen LogP contribution < -0.4 is 10.6 Å². The van der Waals surface area contributed by atoms with Gasteiger partial charge in [-0.25, -0.2) is 18.7 Å². The predicted molar refractivity (Wildman–Crippen MR) is 86.1 cm³/mol. The van der Waals surface area contributed by atoms with Gasteiger partial charge in [-0.3, -0.25) is 4.79 Å². The van der Waals surface area contributed by atoms with Crippen LogP contribution in [0.25, 0.3) is 0 Å². The minimum Gasteiger partial charge on any atom is -0.339 e. The lowest BCUT2D eigenvalue weighted by Crippen LogP contribution is -2.14. The molecular weight excluding hydrogens is 314 g/mol. The number of nitrogens with zero attached hydrogens (tertiary/aromatic N) is 2. The number of amides is 1. The predicted octanol–water partition coefficient (Wildman–Crippen LogP) is 3.75. The number of benzene rings is 2. The van der Waals surface area contributed by atoms with Gasteiger partial charge in [0, 0.05) is 11.4 Å². The molecular formula is C17H12F2N4O. The molecule has 0 saturated carbocycles. The monoisotopic (exact) mass is 326 g/mol. The van der Waals surface area contributed by atoms with Crippen LogP contribution in [-0.4, -0.2) is 15.9 Å². The van der Waals surface area contributed by atoms with Crippen LogP contribution in [0.4, 0.5) is 26.0 Å². The molecule has 0 saturated heterocycles. The highest BCUT2D eigenvalue weighted by Gasteiger charge is 2.09. The maximum absolute atomic E-state index is 13.1. The fourth-order valence-electron chi connectivity index (χ4n) is 1.99. The minimum absolute atomic E-state index is 0.0732. The number of hydrogen-bond donors (Lipinski definition) is 2. The molecule has 0 atom stereocenters. The van der Waals surface area contributed by atoms with E-state index < -0.39 is 11.7 Å². The summed E-state index contributed by atoms with van der Waals surface area (Å²) in [7, 11) is 0. The van der Waals surface area contributed by atoms with E-state index in [9.17, 15) is 13.6 Å². The zero-order chi connectivity index (χ0) is 16.9. The summed E-state index contributed by atoms with van der Waals surface area (Å²) in [6.45, 7) is 0. The summed E-state index contributed by atoms with van der Waals surface area (Å²) >= 11 is 0. The summed E-state index contributed by atoms with van der Waals surface area (Å²) in [5.41, 5.74) is 0.911. The number of carbonyl (C=O) groups is 1. The third-order valence-corrected chi connectivity index (χ3v) is 3.06. The Balaban J connectivity index is 1.68. The first-order valence-corrected chi connectivity index (χ1v) is 7.02. The lowest BCUT2D eigenvalue weighted by atomic mass is 10.3. The minimum atomic E-state index is -0.509. The van der Waals surface area contributed by atoms with Crippen LogP contribution in [0, 0.1) is 11.6 Å². The Hall–Kier alpha value is -3.35. The molecule has 24 heavy (non-hydrogen) atoms. The van der Waals surface area contributed by atoms with Crippen LogP contribution in [0.3, 0.4) is 0 Å². The standard InChI is InChI=1S/C17H12F2N4O/c18-11-3-1-5-13(7-11)22-16-10-20-15(9-21-16)17(24)23-14-6-2-4-12(19)8-14/h1-10H,(H,21,22)(H,23,24). The molecule has 3 aromatic rings. The number of anilines is 3. The van der Waals surface area contributed by atoms with Crippen molar-refractivity contribution in [1.82, 2.24) is 9.97 Å². The van der Waals surface area contributed by atoms with Crippen molar-refractivity contribution in [2.45, 2.75) is 0 Å². The summed E-state index contributed by atoms with van der Waals surface area (Å²) in [6.07, 6.45) is 2.63. The molecule has 0 unspecified atom stereocenters. The highest BCUT2D eigenvalue weighted by molar-refractivity contribution is 6.02. The van der Waals surface area contributed by atoms with Gasteiger partial charge < -0.3 is 10.6 Å². The molecule has 1 heterocycles. The molecule has 120 valence electrons. The molecule has 2 aromatic carbocycles. The van der Waals surface area contributed by atoms with Gasteiger partial charge in [0.25, 0.3) is 5.91 Å². The first kappa shape index (κ1) is 15.5. The van der Waals surface area contributed by atoms with Crippen LogP contribution in [0.2, 0.25) is 0 Å². The van der Waals surface area contributed by atoms with Gasteiger partial charge in [0.1, 0.15) is 23.1 Å². The zero-order valence-electron chi connectivity index (χ0n) is 12.3. The Morgan fingerprint density at radius 2 is 1.54 bits per heavy atom. The van der Waals surface area contributed by atoms with Crippen LogP contribution in [0.1, 0.15) is 10.5 Å². The average Bonchev–Trinajstić information content (AvgIpc) is 2.55. The topological polar surface area (TPSA) is 66.9 Å². The van der Waals surface area contributed by atoms with Gasteiger partial charge in [-0.05, 0) is 36.4 Å². The number of rotatable bonds is 4. The van der Waals surface area contributed by atoms with Gasteiger partial charge in [0.2, 0.25) is 0 Å². The van der Waals surface area contributed by atoms with Crippen molar-refractivity contribution < 1.29 is 13.6 Å². The van der Waals surface area contributed by atoms with Gasteiger partial charge >= 0.3 is 0 Å². The molecule has 0 aliphatic heterocycles. The second-order valence-corrected chi connectivity index (χ2v) is 4.89. The van der Waals surface area contributed by atoms with E-state index in [1.165, 1.54) is 42.7 Å². The van der Waals surface area contributed by atoms with E-state index >= 15 is 0 Å². The molecule has 0 spiro atoms. The van der Waals surface area contributed by atoms with E-state index in [-0.39, 0.29) is 11.5 Å². The van der Waals surface area contributed by atoms with Crippen molar-refractivity contribution in [2.24, 2.45) is 0 Å². The van der Waals surface area contributed by atoms with E-state index in [1.807, 2.05) is 0 Å². The largest absolute Gasteiger partial charge is 0.339 e. The summed E-state index contributed by atoms with van der Waals surface area (Å²) in [6, 6.07) is 11.4. The second kappa shape index (κ2) is 6.82. The van der Waals surface area contributed by atoms with Crippen LogP contribution in [0.15, 0.2) is 60.9 Å². The Kier molecular flexibility index (Phi) is 4.42. The maximum Gasteiger partial charge on any atom is 0.275 e. The van der Waals surface area contributed by atoms with Crippen molar-refractivity contribution in [2.75, 3.05) is 10.6 Å². The Morgan fingerprint density at radius 3 is 2.17 bits per heavy atom. The normalized spacial score (nSPS) is 10.2. The van der Waals surface area contributed by atoms with Gasteiger partial charge in [-0.15, -0.1) is 0 Å². The smallest absolute Gasteiger partial charge is 0.275 e. The van der Waals surface area contributed by atoms with Crippen molar-refractivity contribution in [3.63, 3.8) is 0 Å². The fourth-order valence-corrected chi connectivity index (χ4v) is 1.99. The van der Waals surface area contributed by atoms with Gasteiger partial charge in [-0.2, -0.15) is 0 Å². The fraction of sp³-hybridized carbons (Fsp3) is 0. The van der Waals surface area contributed by atoms with Crippen molar-refractivity contribution in [3.05, 3.63) is 78.3 Å². The van der Waals surface area contributed by atoms with Gasteiger partial charge in [-0.1, -0.05) is 12.1 Å². The molecule has 7 heteroatoms. The average molecular weight is 326 g/mol. The molecule has 2 N–H and O–H groups in total. The molecule has 1 aromatic heterocycles. The van der Waals surface area contributed by atoms with E-state index in [1.54, 1.807) is 18.2 Å². The highest BCUT2D eigenvalue weighted by Crippen LogP contribution is 2.15. The van der Waals surface area contributed by atoms with E-state index in [0.717, 1.165) is 0 Å². The summed E-state index contributed by atoms with van der Waals surface area (Å²) in [5, 5.41) is 5.40. The first-order chi connectivity index (χ1) is 11.6. The summed E-state index contributed by atoms with van der Waals surface area (Å²) < 4.78 is 26.2. The molecule has 3 rings (SSSR count). The van der Waals surface area contributed by atoms with Crippen LogP contribution in [0.5, 0.6) is 0 Å². The van der Waals surface area contributed by atoms with Crippen molar-refractivity contribution in [3.8, 4) is 0 Å². The number of aromatic nitrogens is 2. The molecule has 0 aliphatic rings. The Bertz CT molecular complexity index is 868. The molecule has 5 nitrogen and oxygen atoms in total. The number of halogens is 2. The van der Waals surface area contributed by atoms with Gasteiger partial charge in [0.15, 0.2) is 0 Å². The highest BCUT2D eigenvalue weighted by atomic mass is 19.1. The molecule has 0 bridgehead atoms. The summed E-state index contributed by atoms with van der Waals surface area (Å²) in [5.74, 6) is -0.971. The quantitative estimate of drug-likeness (QED) is 0.766. The van der Waals surface area contributed by atoms with Crippen LogP contribution in [-0.2, 0) is 0 Å². The zero-order valence-corrected chi connectivity index (χ0v) is 12.3. The van der Waals surface area contributed by atoms with E-state index in [0.29, 0.717) is 17.2 Å². The van der Waals surface area contributed by atoms with E-state index in [2.05, 4.69) is 20.6 Å². The SMILES string of the molecule is O=C(Nc1cccc(F)c1)c1cnc(Nc2cccc(F)c2)cn1. The molecule has 0 radical (unpaired) electrons. The van der Waals surface area contributed by atoms with E-state index in [4.69, 9.17) is 0 Å². The van der Waals surface area contributed by atoms with Crippen molar-refractivity contribution >= 4 is 23.1 Å². The van der Waals surface area contributed by atoms with Gasteiger partial charge in [0.05, 0.1) is 12.4 Å².